The summed E-state index contributed by atoms with van der Waals surface area (Å²) in [5, 5.41) is 2.26. The number of hydrogen-bond donors (Lipinski definition) is 0. The summed E-state index contributed by atoms with van der Waals surface area (Å²) < 4.78 is 0. The van der Waals surface area contributed by atoms with Crippen LogP contribution in [0.25, 0.3) is 44.1 Å². The lowest BCUT2D eigenvalue weighted by molar-refractivity contribution is 0.824. The Morgan fingerprint density at radius 1 is 0.444 bits per heavy atom. The van der Waals surface area contributed by atoms with Crippen LogP contribution in [0.3, 0.4) is 0 Å². The fourth-order valence-corrected chi connectivity index (χ4v) is 3.57. The molecular formula is C24H18N2O. The van der Waals surface area contributed by atoms with Crippen molar-refractivity contribution in [1.82, 2.24) is 9.97 Å². The van der Waals surface area contributed by atoms with Gasteiger partial charge < -0.3 is 5.48 Å². The Kier molecular flexibility index (Phi) is 4.37. The second kappa shape index (κ2) is 6.98. The predicted octanol–water partition coefficient (Wildman–Crippen LogP) is 5.29. The van der Waals surface area contributed by atoms with Crippen LogP contribution in [0.2, 0.25) is 0 Å². The standard InChI is InChI=1S/C24H16N2.H2O/c1-3-7-17(8-4-1)19-13-15-25-23-21(19)11-12-22-20(14-16-26-24(22)23)18-9-5-2-6-10-18;/h1-16H;1H2. The van der Waals surface area contributed by atoms with Gasteiger partial charge in [0.15, 0.2) is 0 Å². The van der Waals surface area contributed by atoms with Gasteiger partial charge in [-0.05, 0) is 34.4 Å². The third-order valence-electron chi connectivity index (χ3n) is 4.79. The van der Waals surface area contributed by atoms with Gasteiger partial charge in [0.25, 0.3) is 0 Å². The van der Waals surface area contributed by atoms with E-state index in [0.29, 0.717) is 0 Å². The molecule has 0 amide bonds. The van der Waals surface area contributed by atoms with E-state index in [1.54, 1.807) is 0 Å². The van der Waals surface area contributed by atoms with E-state index in [0.717, 1.165) is 21.8 Å². The summed E-state index contributed by atoms with van der Waals surface area (Å²) in [5.74, 6) is 0. The molecule has 0 aliphatic rings. The summed E-state index contributed by atoms with van der Waals surface area (Å²) in [6.45, 7) is 0. The Labute approximate surface area is 157 Å². The molecule has 0 bridgehead atoms. The number of benzene rings is 3. The molecule has 0 atom stereocenters. The highest BCUT2D eigenvalue weighted by molar-refractivity contribution is 6.11. The number of fused-ring (bicyclic) bond motifs is 3. The molecule has 2 N–H and O–H groups in total. The van der Waals surface area contributed by atoms with Crippen LogP contribution in [0.4, 0.5) is 0 Å². The van der Waals surface area contributed by atoms with Gasteiger partial charge in [-0.1, -0.05) is 72.8 Å². The highest BCUT2D eigenvalue weighted by atomic mass is 16.0. The van der Waals surface area contributed by atoms with Crippen LogP contribution in [0.15, 0.2) is 97.3 Å². The van der Waals surface area contributed by atoms with E-state index in [1.165, 1.54) is 22.3 Å². The molecule has 3 heteroatoms. The van der Waals surface area contributed by atoms with Gasteiger partial charge in [0.1, 0.15) is 0 Å². The number of aromatic nitrogens is 2. The Hall–Kier alpha value is -3.56. The first-order valence-corrected chi connectivity index (χ1v) is 8.69. The number of rotatable bonds is 2. The molecule has 0 aliphatic heterocycles. The minimum Gasteiger partial charge on any atom is -0.412 e. The number of pyridine rings is 2. The molecule has 2 heterocycles. The minimum absolute atomic E-state index is 0. The maximum absolute atomic E-state index is 4.67. The highest BCUT2D eigenvalue weighted by Gasteiger charge is 2.11. The fraction of sp³-hybridized carbons (Fsp3) is 0. The van der Waals surface area contributed by atoms with Gasteiger partial charge >= 0.3 is 0 Å². The molecule has 5 rings (SSSR count). The molecular weight excluding hydrogens is 332 g/mol. The van der Waals surface area contributed by atoms with Crippen LogP contribution in [0, 0.1) is 0 Å². The quantitative estimate of drug-likeness (QED) is 0.406. The van der Waals surface area contributed by atoms with Crippen molar-refractivity contribution in [2.24, 2.45) is 0 Å². The van der Waals surface area contributed by atoms with Crippen LogP contribution in [-0.2, 0) is 0 Å². The molecule has 3 aromatic carbocycles. The normalized spacial score (nSPS) is 10.7. The van der Waals surface area contributed by atoms with Gasteiger partial charge in [0.05, 0.1) is 11.0 Å². The van der Waals surface area contributed by atoms with E-state index in [9.17, 15) is 0 Å². The summed E-state index contributed by atoms with van der Waals surface area (Å²) in [5.41, 5.74) is 6.65. The number of nitrogens with zero attached hydrogens (tertiary/aromatic N) is 2. The number of hydrogen-bond acceptors (Lipinski definition) is 2. The molecule has 0 aliphatic carbocycles. The van der Waals surface area contributed by atoms with E-state index in [-0.39, 0.29) is 5.48 Å². The van der Waals surface area contributed by atoms with Crippen molar-refractivity contribution in [3.63, 3.8) is 0 Å². The average molecular weight is 350 g/mol. The molecule has 0 radical (unpaired) electrons. The zero-order chi connectivity index (χ0) is 17.3. The molecule has 2 aromatic heterocycles. The SMILES string of the molecule is O.c1ccc(-c2ccnc3c2ccc2c(-c4ccccc4)ccnc23)cc1. The molecule has 3 nitrogen and oxygen atoms in total. The molecule has 0 saturated carbocycles. The molecule has 0 unspecified atom stereocenters. The third kappa shape index (κ3) is 2.84. The summed E-state index contributed by atoms with van der Waals surface area (Å²) >= 11 is 0. The van der Waals surface area contributed by atoms with Crippen LogP contribution >= 0.6 is 0 Å². The Balaban J connectivity index is 0.00000180. The van der Waals surface area contributed by atoms with Crippen molar-refractivity contribution in [3.05, 3.63) is 97.3 Å². The van der Waals surface area contributed by atoms with Crippen molar-refractivity contribution >= 4 is 21.8 Å². The first-order chi connectivity index (χ1) is 12.9. The maximum atomic E-state index is 4.67. The Morgan fingerprint density at radius 3 is 1.26 bits per heavy atom. The Morgan fingerprint density at radius 2 is 0.852 bits per heavy atom. The van der Waals surface area contributed by atoms with Crippen molar-refractivity contribution in [2.45, 2.75) is 0 Å². The first-order valence-electron chi connectivity index (χ1n) is 8.69. The van der Waals surface area contributed by atoms with Gasteiger partial charge in [-0.3, -0.25) is 9.97 Å². The van der Waals surface area contributed by atoms with Gasteiger partial charge in [0.2, 0.25) is 0 Å². The lowest BCUT2D eigenvalue weighted by atomic mass is 9.97. The van der Waals surface area contributed by atoms with Gasteiger partial charge in [-0.15, -0.1) is 0 Å². The second-order valence-electron chi connectivity index (χ2n) is 6.31. The summed E-state index contributed by atoms with van der Waals surface area (Å²) in [7, 11) is 0. The minimum atomic E-state index is 0. The molecule has 0 saturated heterocycles. The molecule has 27 heavy (non-hydrogen) atoms. The predicted molar refractivity (Wildman–Crippen MR) is 112 cm³/mol. The van der Waals surface area contributed by atoms with Gasteiger partial charge in [-0.25, -0.2) is 0 Å². The zero-order valence-corrected chi connectivity index (χ0v) is 14.6. The van der Waals surface area contributed by atoms with E-state index in [4.69, 9.17) is 0 Å². The van der Waals surface area contributed by atoms with Crippen molar-refractivity contribution in [2.75, 3.05) is 0 Å². The smallest absolute Gasteiger partial charge is 0.0970 e. The van der Waals surface area contributed by atoms with Crippen LogP contribution in [-0.4, -0.2) is 15.4 Å². The average Bonchev–Trinajstić information content (AvgIpc) is 2.74. The van der Waals surface area contributed by atoms with Crippen LogP contribution in [0.5, 0.6) is 0 Å². The van der Waals surface area contributed by atoms with Gasteiger partial charge in [-0.2, -0.15) is 0 Å². The second-order valence-corrected chi connectivity index (χ2v) is 6.31. The summed E-state index contributed by atoms with van der Waals surface area (Å²) in [6, 6.07) is 29.3. The van der Waals surface area contributed by atoms with E-state index < -0.39 is 0 Å². The molecule has 0 fully saturated rings. The zero-order valence-electron chi connectivity index (χ0n) is 14.6. The lowest BCUT2D eigenvalue weighted by Gasteiger charge is -2.11. The van der Waals surface area contributed by atoms with E-state index in [1.807, 2.05) is 24.5 Å². The maximum Gasteiger partial charge on any atom is 0.0970 e. The fourth-order valence-electron chi connectivity index (χ4n) is 3.57. The molecule has 0 spiro atoms. The summed E-state index contributed by atoms with van der Waals surface area (Å²) in [4.78, 5) is 9.34. The van der Waals surface area contributed by atoms with E-state index in [2.05, 4.69) is 82.8 Å². The van der Waals surface area contributed by atoms with E-state index >= 15 is 0 Å². The third-order valence-corrected chi connectivity index (χ3v) is 4.79. The van der Waals surface area contributed by atoms with Gasteiger partial charge in [0, 0.05) is 23.2 Å². The van der Waals surface area contributed by atoms with Crippen molar-refractivity contribution in [1.29, 1.82) is 0 Å². The van der Waals surface area contributed by atoms with Crippen molar-refractivity contribution < 1.29 is 5.48 Å². The monoisotopic (exact) mass is 350 g/mol. The first kappa shape index (κ1) is 16.9. The van der Waals surface area contributed by atoms with Crippen LogP contribution in [0.1, 0.15) is 0 Å². The topological polar surface area (TPSA) is 57.3 Å². The summed E-state index contributed by atoms with van der Waals surface area (Å²) in [6.07, 6.45) is 3.75. The van der Waals surface area contributed by atoms with Crippen LogP contribution < -0.4 is 0 Å². The molecule has 5 aromatic rings. The highest BCUT2D eigenvalue weighted by Crippen LogP contribution is 2.34. The largest absolute Gasteiger partial charge is 0.412 e. The Bertz CT molecular complexity index is 1120. The lowest BCUT2D eigenvalue weighted by Crippen LogP contribution is -1.90. The molecule has 130 valence electrons. The van der Waals surface area contributed by atoms with Crippen molar-refractivity contribution in [3.8, 4) is 22.3 Å².